The van der Waals surface area contributed by atoms with Crippen molar-refractivity contribution in [3.8, 4) is 0 Å². The van der Waals surface area contributed by atoms with E-state index in [2.05, 4.69) is 4.90 Å². The van der Waals surface area contributed by atoms with Crippen LogP contribution in [-0.4, -0.2) is 41.7 Å². The molecule has 0 spiro atoms. The normalized spacial score (nSPS) is 19.9. The van der Waals surface area contributed by atoms with E-state index in [4.69, 9.17) is 9.84 Å². The maximum Gasteiger partial charge on any atom is 0.304 e. The average Bonchev–Trinajstić information content (AvgIpc) is 2.45. The molecule has 1 aromatic carbocycles. The van der Waals surface area contributed by atoms with Crippen LogP contribution in [0.15, 0.2) is 24.3 Å². The molecular weight excluding hydrogens is 261 g/mol. The van der Waals surface area contributed by atoms with E-state index in [9.17, 15) is 9.18 Å². The van der Waals surface area contributed by atoms with Gasteiger partial charge in [0.25, 0.3) is 0 Å². The molecule has 5 heteroatoms. The maximum atomic E-state index is 13.5. The number of carboxylic acid groups (broad SMARTS) is 1. The van der Waals surface area contributed by atoms with E-state index in [1.54, 1.807) is 18.2 Å². The molecule has 0 radical (unpaired) electrons. The summed E-state index contributed by atoms with van der Waals surface area (Å²) < 4.78 is 19.2. The van der Waals surface area contributed by atoms with Gasteiger partial charge in [-0.2, -0.15) is 0 Å². The molecule has 0 aliphatic carbocycles. The van der Waals surface area contributed by atoms with E-state index in [1.165, 1.54) is 6.07 Å². The standard InChI is InChI=1S/C15H20FNO3/c16-14-6-2-1-4-12(14)11-20-13-5-3-8-17(10-13)9-7-15(18)19/h1-2,4,6,13H,3,5,7-11H2,(H,18,19)/t13-/m0/s1. The Hall–Kier alpha value is -1.46. The third-order valence-corrected chi connectivity index (χ3v) is 3.54. The van der Waals surface area contributed by atoms with Gasteiger partial charge in [-0.05, 0) is 25.5 Å². The minimum absolute atomic E-state index is 0.0529. The van der Waals surface area contributed by atoms with E-state index < -0.39 is 5.97 Å². The smallest absolute Gasteiger partial charge is 0.304 e. The molecule has 1 saturated heterocycles. The highest BCUT2D eigenvalue weighted by molar-refractivity contribution is 5.66. The van der Waals surface area contributed by atoms with Crippen LogP contribution in [0, 0.1) is 5.82 Å². The quantitative estimate of drug-likeness (QED) is 0.869. The Morgan fingerprint density at radius 3 is 3.00 bits per heavy atom. The summed E-state index contributed by atoms with van der Waals surface area (Å²) >= 11 is 0. The molecule has 1 heterocycles. The van der Waals surface area contributed by atoms with Crippen molar-refractivity contribution in [2.75, 3.05) is 19.6 Å². The topological polar surface area (TPSA) is 49.8 Å². The Balaban J connectivity index is 1.78. The van der Waals surface area contributed by atoms with Gasteiger partial charge in [0.1, 0.15) is 5.82 Å². The second kappa shape index (κ2) is 7.36. The van der Waals surface area contributed by atoms with Crippen LogP contribution in [0.5, 0.6) is 0 Å². The Bertz CT molecular complexity index is 452. The molecular formula is C15H20FNO3. The third kappa shape index (κ3) is 4.58. The van der Waals surface area contributed by atoms with E-state index in [0.29, 0.717) is 12.1 Å². The number of benzene rings is 1. The predicted molar refractivity (Wildman–Crippen MR) is 72.9 cm³/mol. The van der Waals surface area contributed by atoms with Gasteiger partial charge in [0.05, 0.1) is 19.1 Å². The highest BCUT2D eigenvalue weighted by Crippen LogP contribution is 2.16. The van der Waals surface area contributed by atoms with Crippen molar-refractivity contribution in [3.63, 3.8) is 0 Å². The number of ether oxygens (including phenoxy) is 1. The summed E-state index contributed by atoms with van der Waals surface area (Å²) in [5, 5.41) is 8.69. The molecule has 1 fully saturated rings. The molecule has 1 aliphatic rings. The zero-order chi connectivity index (χ0) is 14.4. The molecule has 4 nitrogen and oxygen atoms in total. The fraction of sp³-hybridized carbons (Fsp3) is 0.533. The van der Waals surface area contributed by atoms with E-state index in [0.717, 1.165) is 25.9 Å². The van der Waals surface area contributed by atoms with Crippen molar-refractivity contribution in [2.24, 2.45) is 0 Å². The van der Waals surface area contributed by atoms with Gasteiger partial charge in [-0.1, -0.05) is 18.2 Å². The fourth-order valence-corrected chi connectivity index (χ4v) is 2.43. The van der Waals surface area contributed by atoms with E-state index in [1.807, 2.05) is 0 Å². The molecule has 1 aromatic rings. The van der Waals surface area contributed by atoms with Gasteiger partial charge in [-0.15, -0.1) is 0 Å². The number of nitrogens with zero attached hydrogens (tertiary/aromatic N) is 1. The Morgan fingerprint density at radius 1 is 1.45 bits per heavy atom. The van der Waals surface area contributed by atoms with Crippen LogP contribution < -0.4 is 0 Å². The van der Waals surface area contributed by atoms with Gasteiger partial charge in [0, 0.05) is 18.7 Å². The van der Waals surface area contributed by atoms with Crippen molar-refractivity contribution < 1.29 is 19.0 Å². The summed E-state index contributed by atoms with van der Waals surface area (Å²) in [6.45, 7) is 2.45. The molecule has 1 aliphatic heterocycles. The molecule has 0 unspecified atom stereocenters. The van der Waals surface area contributed by atoms with Gasteiger partial charge in [0.2, 0.25) is 0 Å². The van der Waals surface area contributed by atoms with Crippen LogP contribution in [-0.2, 0) is 16.1 Å². The fourth-order valence-electron chi connectivity index (χ4n) is 2.43. The van der Waals surface area contributed by atoms with E-state index in [-0.39, 0.29) is 24.9 Å². The second-order valence-corrected chi connectivity index (χ2v) is 5.11. The lowest BCUT2D eigenvalue weighted by molar-refractivity contribution is -0.137. The summed E-state index contributed by atoms with van der Waals surface area (Å²) in [6.07, 6.45) is 2.14. The molecule has 0 aromatic heterocycles. The SMILES string of the molecule is O=C(O)CCN1CCC[C@H](OCc2ccccc2F)C1. The number of carbonyl (C=O) groups is 1. The molecule has 110 valence electrons. The van der Waals surface area contributed by atoms with Crippen LogP contribution in [0.1, 0.15) is 24.8 Å². The molecule has 2 rings (SSSR count). The highest BCUT2D eigenvalue weighted by Gasteiger charge is 2.21. The van der Waals surface area contributed by atoms with Crippen LogP contribution in [0.3, 0.4) is 0 Å². The van der Waals surface area contributed by atoms with E-state index >= 15 is 0 Å². The first-order valence-corrected chi connectivity index (χ1v) is 6.94. The minimum Gasteiger partial charge on any atom is -0.481 e. The summed E-state index contributed by atoms with van der Waals surface area (Å²) in [5.41, 5.74) is 0.565. The number of hydrogen-bond acceptors (Lipinski definition) is 3. The summed E-state index contributed by atoms with van der Waals surface area (Å²) in [4.78, 5) is 12.7. The lowest BCUT2D eigenvalue weighted by Crippen LogP contribution is -2.40. The zero-order valence-electron chi connectivity index (χ0n) is 11.4. The number of piperidine rings is 1. The molecule has 20 heavy (non-hydrogen) atoms. The van der Waals surface area contributed by atoms with Gasteiger partial charge in [-0.25, -0.2) is 4.39 Å². The van der Waals surface area contributed by atoms with Crippen LogP contribution >= 0.6 is 0 Å². The van der Waals surface area contributed by atoms with Gasteiger partial charge < -0.3 is 14.7 Å². The number of carboxylic acids is 1. The second-order valence-electron chi connectivity index (χ2n) is 5.11. The molecule has 0 saturated carbocycles. The molecule has 0 amide bonds. The highest BCUT2D eigenvalue weighted by atomic mass is 19.1. The van der Waals surface area contributed by atoms with Crippen molar-refractivity contribution in [1.29, 1.82) is 0 Å². The molecule has 1 N–H and O–H groups in total. The lowest BCUT2D eigenvalue weighted by atomic mass is 10.1. The minimum atomic E-state index is -0.778. The van der Waals surface area contributed by atoms with Crippen molar-refractivity contribution >= 4 is 5.97 Å². The average molecular weight is 281 g/mol. The van der Waals surface area contributed by atoms with Crippen molar-refractivity contribution in [1.82, 2.24) is 4.90 Å². The summed E-state index contributed by atoms with van der Waals surface area (Å²) in [6, 6.07) is 6.61. The first kappa shape index (κ1) is 14.9. The Labute approximate surface area is 118 Å². The monoisotopic (exact) mass is 281 g/mol. The van der Waals surface area contributed by atoms with Gasteiger partial charge >= 0.3 is 5.97 Å². The van der Waals surface area contributed by atoms with Crippen LogP contribution in [0.4, 0.5) is 4.39 Å². The van der Waals surface area contributed by atoms with Gasteiger partial charge in [-0.3, -0.25) is 4.79 Å². The van der Waals surface area contributed by atoms with Crippen molar-refractivity contribution in [2.45, 2.75) is 32.0 Å². The number of rotatable bonds is 6. The largest absolute Gasteiger partial charge is 0.481 e. The summed E-state index contributed by atoms with van der Waals surface area (Å²) in [5.74, 6) is -1.02. The lowest BCUT2D eigenvalue weighted by Gasteiger charge is -2.32. The summed E-state index contributed by atoms with van der Waals surface area (Å²) in [7, 11) is 0. The van der Waals surface area contributed by atoms with Crippen molar-refractivity contribution in [3.05, 3.63) is 35.6 Å². The van der Waals surface area contributed by atoms with Crippen LogP contribution in [0.2, 0.25) is 0 Å². The maximum absolute atomic E-state index is 13.5. The Morgan fingerprint density at radius 2 is 2.25 bits per heavy atom. The predicted octanol–water partition coefficient (Wildman–Crippen LogP) is 2.28. The number of aliphatic carboxylic acids is 1. The first-order valence-electron chi connectivity index (χ1n) is 6.94. The first-order chi connectivity index (χ1) is 9.65. The van der Waals surface area contributed by atoms with Gasteiger partial charge in [0.15, 0.2) is 0 Å². The number of hydrogen-bond donors (Lipinski definition) is 1. The molecule has 1 atom stereocenters. The third-order valence-electron chi connectivity index (χ3n) is 3.54. The zero-order valence-corrected chi connectivity index (χ0v) is 11.4. The van der Waals surface area contributed by atoms with Crippen LogP contribution in [0.25, 0.3) is 0 Å². The molecule has 0 bridgehead atoms. The number of halogens is 1. The number of likely N-dealkylation sites (tertiary alicyclic amines) is 1. The Kier molecular flexibility index (Phi) is 5.49.